The Balaban J connectivity index is 2.05. The molecule has 0 aliphatic carbocycles. The molecule has 5 nitrogen and oxygen atoms in total. The highest BCUT2D eigenvalue weighted by atomic mass is 35.5. The van der Waals surface area contributed by atoms with Gasteiger partial charge in [-0.15, -0.1) is 0 Å². The van der Waals surface area contributed by atoms with Gasteiger partial charge in [-0.2, -0.15) is 0 Å². The molecule has 0 unspecified atom stereocenters. The largest absolute Gasteiger partial charge is 0.381 e. The van der Waals surface area contributed by atoms with Crippen LogP contribution in [0.4, 0.5) is 5.95 Å². The highest BCUT2D eigenvalue weighted by Crippen LogP contribution is 2.19. The maximum Gasteiger partial charge on any atom is 0.202 e. The van der Waals surface area contributed by atoms with Crippen molar-refractivity contribution in [1.29, 1.82) is 0 Å². The van der Waals surface area contributed by atoms with Gasteiger partial charge in [-0.1, -0.05) is 18.5 Å². The molecule has 0 atom stereocenters. The number of hydrogen-bond acceptors (Lipinski definition) is 4. The predicted molar refractivity (Wildman–Crippen MR) is 72.7 cm³/mol. The van der Waals surface area contributed by atoms with Crippen molar-refractivity contribution >= 4 is 28.7 Å². The van der Waals surface area contributed by atoms with Crippen molar-refractivity contribution in [3.8, 4) is 0 Å². The molecule has 0 fully saturated rings. The summed E-state index contributed by atoms with van der Waals surface area (Å²) in [6.07, 6.45) is 3.53. The van der Waals surface area contributed by atoms with E-state index in [1.54, 1.807) is 12.3 Å². The van der Waals surface area contributed by atoms with Gasteiger partial charge in [-0.05, 0) is 18.9 Å². The van der Waals surface area contributed by atoms with E-state index in [1.807, 2.05) is 4.57 Å². The molecule has 0 radical (unpaired) electrons. The van der Waals surface area contributed by atoms with Crippen LogP contribution in [-0.4, -0.2) is 27.7 Å². The van der Waals surface area contributed by atoms with Gasteiger partial charge >= 0.3 is 0 Å². The second kappa shape index (κ2) is 6.02. The summed E-state index contributed by atoms with van der Waals surface area (Å²) in [6, 6.07) is 1.77. The fraction of sp³-hybridized carbons (Fsp3) is 0.500. The topological polar surface area (TPSA) is 66.0 Å². The van der Waals surface area contributed by atoms with Gasteiger partial charge in [0.15, 0.2) is 5.65 Å². The number of fused-ring (bicyclic) bond motifs is 1. The highest BCUT2D eigenvalue weighted by Gasteiger charge is 2.09. The van der Waals surface area contributed by atoms with E-state index >= 15 is 0 Å². The first kappa shape index (κ1) is 13.1. The van der Waals surface area contributed by atoms with Crippen molar-refractivity contribution in [3.05, 3.63) is 17.3 Å². The molecular formula is C12H17ClN4O. The molecule has 2 aromatic rings. The number of nitrogens with zero attached hydrogens (tertiary/aromatic N) is 3. The molecule has 2 aromatic heterocycles. The molecule has 0 aliphatic rings. The Hall–Kier alpha value is -1.33. The van der Waals surface area contributed by atoms with E-state index in [9.17, 15) is 0 Å². The fourth-order valence-electron chi connectivity index (χ4n) is 1.80. The molecule has 0 aliphatic heterocycles. The predicted octanol–water partition coefficient (Wildman–Crippen LogP) is 2.48. The van der Waals surface area contributed by atoms with Crippen LogP contribution in [0.1, 0.15) is 19.8 Å². The summed E-state index contributed by atoms with van der Waals surface area (Å²) in [5, 5.41) is 0.568. The van der Waals surface area contributed by atoms with E-state index in [0.717, 1.165) is 43.8 Å². The number of ether oxygens (including phenoxy) is 1. The first-order valence-corrected chi connectivity index (χ1v) is 6.45. The SMILES string of the molecule is CCCOCCCn1c(N)nc2cc(Cl)cnc21. The molecular weight excluding hydrogens is 252 g/mol. The minimum absolute atomic E-state index is 0.468. The van der Waals surface area contributed by atoms with Gasteiger partial charge in [0.1, 0.15) is 5.52 Å². The summed E-state index contributed by atoms with van der Waals surface area (Å²) in [7, 11) is 0. The van der Waals surface area contributed by atoms with E-state index in [4.69, 9.17) is 22.1 Å². The Morgan fingerprint density at radius 2 is 2.28 bits per heavy atom. The van der Waals surface area contributed by atoms with Crippen LogP contribution in [0.3, 0.4) is 0 Å². The van der Waals surface area contributed by atoms with Crippen LogP contribution in [0.15, 0.2) is 12.3 Å². The maximum atomic E-state index is 5.87. The van der Waals surface area contributed by atoms with Gasteiger partial charge in [0.05, 0.1) is 5.02 Å². The van der Waals surface area contributed by atoms with Crippen LogP contribution >= 0.6 is 11.6 Å². The van der Waals surface area contributed by atoms with Crippen molar-refractivity contribution in [2.45, 2.75) is 26.3 Å². The Kier molecular flexibility index (Phi) is 4.38. The van der Waals surface area contributed by atoms with Crippen molar-refractivity contribution in [2.24, 2.45) is 0 Å². The lowest BCUT2D eigenvalue weighted by atomic mass is 10.4. The summed E-state index contributed by atoms with van der Waals surface area (Å²) >= 11 is 5.87. The van der Waals surface area contributed by atoms with Crippen molar-refractivity contribution in [3.63, 3.8) is 0 Å². The summed E-state index contributed by atoms with van der Waals surface area (Å²) in [6.45, 7) is 4.37. The summed E-state index contributed by atoms with van der Waals surface area (Å²) in [4.78, 5) is 8.51. The number of pyridine rings is 1. The average Bonchev–Trinajstić information content (AvgIpc) is 2.64. The molecule has 0 spiro atoms. The second-order valence-electron chi connectivity index (χ2n) is 4.08. The van der Waals surface area contributed by atoms with E-state index in [-0.39, 0.29) is 0 Å². The molecule has 2 N–H and O–H groups in total. The molecule has 18 heavy (non-hydrogen) atoms. The highest BCUT2D eigenvalue weighted by molar-refractivity contribution is 6.31. The number of rotatable bonds is 6. The lowest BCUT2D eigenvalue weighted by Gasteiger charge is -2.06. The number of aryl methyl sites for hydroxylation is 1. The van der Waals surface area contributed by atoms with Crippen LogP contribution in [0, 0.1) is 0 Å². The van der Waals surface area contributed by atoms with Crippen molar-refractivity contribution < 1.29 is 4.74 Å². The van der Waals surface area contributed by atoms with E-state index in [1.165, 1.54) is 0 Å². The summed E-state index contributed by atoms with van der Waals surface area (Å²) in [5.41, 5.74) is 7.37. The Labute approximate surface area is 111 Å². The van der Waals surface area contributed by atoms with Gasteiger partial charge in [-0.25, -0.2) is 9.97 Å². The standard InChI is InChI=1S/C12H17ClN4O/c1-2-5-18-6-3-4-17-11-10(16-12(17)14)7-9(13)8-15-11/h7-8H,2-6H2,1H3,(H2,14,16). The molecule has 2 rings (SSSR count). The minimum atomic E-state index is 0.468. The zero-order valence-electron chi connectivity index (χ0n) is 10.4. The lowest BCUT2D eigenvalue weighted by molar-refractivity contribution is 0.129. The molecule has 0 saturated carbocycles. The summed E-state index contributed by atoms with van der Waals surface area (Å²) in [5.74, 6) is 0.468. The van der Waals surface area contributed by atoms with Crippen LogP contribution in [0.25, 0.3) is 11.2 Å². The number of halogens is 1. The molecule has 0 amide bonds. The quantitative estimate of drug-likeness (QED) is 0.818. The molecule has 0 bridgehead atoms. The zero-order chi connectivity index (χ0) is 13.0. The number of imidazole rings is 1. The zero-order valence-corrected chi connectivity index (χ0v) is 11.2. The number of hydrogen-bond donors (Lipinski definition) is 1. The van der Waals surface area contributed by atoms with Crippen LogP contribution in [0.2, 0.25) is 5.02 Å². The number of aromatic nitrogens is 3. The Morgan fingerprint density at radius 3 is 3.06 bits per heavy atom. The fourth-order valence-corrected chi connectivity index (χ4v) is 1.95. The third kappa shape index (κ3) is 2.91. The van der Waals surface area contributed by atoms with Gasteiger partial charge in [0, 0.05) is 26.0 Å². The van der Waals surface area contributed by atoms with E-state index in [0.29, 0.717) is 11.0 Å². The maximum absolute atomic E-state index is 5.87. The van der Waals surface area contributed by atoms with Crippen LogP contribution in [-0.2, 0) is 11.3 Å². The average molecular weight is 269 g/mol. The number of anilines is 1. The van der Waals surface area contributed by atoms with Gasteiger partial charge in [0.2, 0.25) is 5.95 Å². The minimum Gasteiger partial charge on any atom is -0.381 e. The van der Waals surface area contributed by atoms with Crippen LogP contribution < -0.4 is 5.73 Å². The molecule has 6 heteroatoms. The molecule has 0 aromatic carbocycles. The van der Waals surface area contributed by atoms with Crippen LogP contribution in [0.5, 0.6) is 0 Å². The Bertz CT molecular complexity index is 526. The van der Waals surface area contributed by atoms with Gasteiger partial charge in [0.25, 0.3) is 0 Å². The molecule has 98 valence electrons. The smallest absolute Gasteiger partial charge is 0.202 e. The molecule has 0 saturated heterocycles. The lowest BCUT2D eigenvalue weighted by Crippen LogP contribution is -2.07. The Morgan fingerprint density at radius 1 is 1.44 bits per heavy atom. The first-order chi connectivity index (χ1) is 8.72. The molecule has 2 heterocycles. The first-order valence-electron chi connectivity index (χ1n) is 6.07. The van der Waals surface area contributed by atoms with Crippen molar-refractivity contribution in [2.75, 3.05) is 18.9 Å². The normalized spacial score (nSPS) is 11.2. The summed E-state index contributed by atoms with van der Waals surface area (Å²) < 4.78 is 7.33. The van der Waals surface area contributed by atoms with Gasteiger partial charge < -0.3 is 10.5 Å². The van der Waals surface area contributed by atoms with Gasteiger partial charge in [-0.3, -0.25) is 4.57 Å². The third-order valence-electron chi connectivity index (χ3n) is 2.60. The third-order valence-corrected chi connectivity index (χ3v) is 2.81. The number of nitrogen functional groups attached to an aromatic ring is 1. The van der Waals surface area contributed by atoms with E-state index in [2.05, 4.69) is 16.9 Å². The monoisotopic (exact) mass is 268 g/mol. The van der Waals surface area contributed by atoms with E-state index < -0.39 is 0 Å². The van der Waals surface area contributed by atoms with Crippen molar-refractivity contribution in [1.82, 2.24) is 14.5 Å². The second-order valence-corrected chi connectivity index (χ2v) is 4.52. The number of nitrogens with two attached hydrogens (primary N) is 1.